The van der Waals surface area contributed by atoms with Crippen LogP contribution in [0.5, 0.6) is 0 Å². The number of benzene rings is 1. The second kappa shape index (κ2) is 11.3. The summed E-state index contributed by atoms with van der Waals surface area (Å²) in [5, 5.41) is 6.24. The van der Waals surface area contributed by atoms with Gasteiger partial charge in [-0.1, -0.05) is 18.2 Å². The highest BCUT2D eigenvalue weighted by Gasteiger charge is 2.25. The molecule has 2 aliphatic heterocycles. The Kier molecular flexibility index (Phi) is 8.18. The molecule has 0 bridgehead atoms. The molecule has 2 aromatic rings. The van der Waals surface area contributed by atoms with Gasteiger partial charge in [0.2, 0.25) is 11.8 Å². The highest BCUT2D eigenvalue weighted by atomic mass is 32.1. The van der Waals surface area contributed by atoms with Crippen molar-refractivity contribution in [1.82, 2.24) is 19.7 Å². The molecule has 4 rings (SSSR count). The summed E-state index contributed by atoms with van der Waals surface area (Å²) in [5.74, 6) is 0.194. The van der Waals surface area contributed by atoms with Crippen molar-refractivity contribution in [2.24, 2.45) is 0 Å². The lowest BCUT2D eigenvalue weighted by Gasteiger charge is -2.35. The Balaban J connectivity index is 1.19. The Hall–Kier alpha value is -2.49. The van der Waals surface area contributed by atoms with Gasteiger partial charge in [-0.25, -0.2) is 4.98 Å². The smallest absolute Gasteiger partial charge is 0.238 e. The van der Waals surface area contributed by atoms with Crippen molar-refractivity contribution < 1.29 is 9.59 Å². The molecule has 0 saturated carbocycles. The summed E-state index contributed by atoms with van der Waals surface area (Å²) in [6, 6.07) is 6.02. The Morgan fingerprint density at radius 1 is 0.912 bits per heavy atom. The number of nitrogens with one attached hydrogen (secondary N) is 1. The first-order chi connectivity index (χ1) is 16.4. The van der Waals surface area contributed by atoms with Crippen LogP contribution in [-0.2, 0) is 9.59 Å². The summed E-state index contributed by atoms with van der Waals surface area (Å²) in [4.78, 5) is 38.8. The number of carbonyl (C=O) groups is 2. The molecular formula is C25H36N6O2S. The van der Waals surface area contributed by atoms with E-state index >= 15 is 0 Å². The van der Waals surface area contributed by atoms with Gasteiger partial charge in [-0.15, -0.1) is 11.3 Å². The van der Waals surface area contributed by atoms with Gasteiger partial charge in [-0.3, -0.25) is 19.4 Å². The van der Waals surface area contributed by atoms with Gasteiger partial charge in [-0.2, -0.15) is 0 Å². The van der Waals surface area contributed by atoms with Crippen LogP contribution in [0.3, 0.4) is 0 Å². The Labute approximate surface area is 206 Å². The highest BCUT2D eigenvalue weighted by Crippen LogP contribution is 2.22. The van der Waals surface area contributed by atoms with Gasteiger partial charge < -0.3 is 15.1 Å². The van der Waals surface area contributed by atoms with E-state index in [0.717, 1.165) is 73.3 Å². The quantitative estimate of drug-likeness (QED) is 0.679. The van der Waals surface area contributed by atoms with Crippen LogP contribution in [0.25, 0.3) is 0 Å². The minimum atomic E-state index is 0.00159. The molecule has 34 heavy (non-hydrogen) atoms. The first-order valence-corrected chi connectivity index (χ1v) is 13.0. The van der Waals surface area contributed by atoms with Crippen molar-refractivity contribution in [2.45, 2.75) is 27.2 Å². The molecule has 3 heterocycles. The molecule has 0 spiro atoms. The van der Waals surface area contributed by atoms with Crippen molar-refractivity contribution in [2.75, 3.05) is 75.7 Å². The molecule has 0 atom stereocenters. The van der Waals surface area contributed by atoms with Crippen molar-refractivity contribution in [3.05, 3.63) is 40.4 Å². The number of carbonyl (C=O) groups excluding carboxylic acids is 2. The van der Waals surface area contributed by atoms with Crippen LogP contribution in [0.2, 0.25) is 0 Å². The Bertz CT molecular complexity index is 981. The Morgan fingerprint density at radius 3 is 2.26 bits per heavy atom. The second-order valence-corrected chi connectivity index (χ2v) is 10.2. The van der Waals surface area contributed by atoms with E-state index in [-0.39, 0.29) is 11.8 Å². The van der Waals surface area contributed by atoms with Crippen LogP contribution >= 0.6 is 11.3 Å². The maximum atomic E-state index is 12.9. The van der Waals surface area contributed by atoms with E-state index in [9.17, 15) is 9.59 Å². The minimum absolute atomic E-state index is 0.00159. The lowest BCUT2D eigenvalue weighted by atomic mass is 10.1. The van der Waals surface area contributed by atoms with Crippen molar-refractivity contribution >= 4 is 34.0 Å². The maximum absolute atomic E-state index is 12.9. The van der Waals surface area contributed by atoms with E-state index in [2.05, 4.69) is 30.4 Å². The van der Waals surface area contributed by atoms with Gasteiger partial charge >= 0.3 is 0 Å². The molecule has 1 aromatic carbocycles. The average molecular weight is 485 g/mol. The van der Waals surface area contributed by atoms with Crippen molar-refractivity contribution in [3.63, 3.8) is 0 Å². The highest BCUT2D eigenvalue weighted by molar-refractivity contribution is 7.13. The third-order valence-electron chi connectivity index (χ3n) is 6.66. The molecular weight excluding hydrogens is 448 g/mol. The standard InChI is InChI=1S/C25H36N6O2S/c1-19-6-4-7-20(2)24(19)27-22(32)16-29-10-13-30(14-11-29)23(33)17-28-8-5-9-31(15-12-28)25-26-21(3)18-34-25/h4,6-7,18H,5,8-17H2,1-3H3,(H,27,32). The van der Waals surface area contributed by atoms with Crippen LogP contribution in [0.15, 0.2) is 23.6 Å². The van der Waals surface area contributed by atoms with Crippen molar-refractivity contribution in [1.29, 1.82) is 0 Å². The molecule has 1 aromatic heterocycles. The molecule has 9 heteroatoms. The van der Waals surface area contributed by atoms with Crippen LogP contribution in [0, 0.1) is 20.8 Å². The molecule has 184 valence electrons. The zero-order valence-corrected chi connectivity index (χ0v) is 21.4. The number of aromatic nitrogens is 1. The maximum Gasteiger partial charge on any atom is 0.238 e. The average Bonchev–Trinajstić information content (AvgIpc) is 3.11. The lowest BCUT2D eigenvalue weighted by molar-refractivity contribution is -0.134. The number of thiazole rings is 1. The largest absolute Gasteiger partial charge is 0.347 e. The third-order valence-corrected chi connectivity index (χ3v) is 7.68. The van der Waals surface area contributed by atoms with E-state index in [1.165, 1.54) is 0 Å². The lowest BCUT2D eigenvalue weighted by Crippen LogP contribution is -2.52. The number of nitrogens with zero attached hydrogens (tertiary/aromatic N) is 5. The molecule has 8 nitrogen and oxygen atoms in total. The summed E-state index contributed by atoms with van der Waals surface area (Å²) in [7, 11) is 0. The number of hydrogen-bond donors (Lipinski definition) is 1. The van der Waals surface area contributed by atoms with Crippen molar-refractivity contribution in [3.8, 4) is 0 Å². The van der Waals surface area contributed by atoms with Gasteiger partial charge in [0, 0.05) is 63.4 Å². The van der Waals surface area contributed by atoms with E-state index in [1.54, 1.807) is 11.3 Å². The number of amides is 2. The van der Waals surface area contributed by atoms with Gasteiger partial charge in [0.15, 0.2) is 5.13 Å². The summed E-state index contributed by atoms with van der Waals surface area (Å²) in [5.41, 5.74) is 4.12. The molecule has 0 unspecified atom stereocenters. The summed E-state index contributed by atoms with van der Waals surface area (Å²) >= 11 is 1.70. The van der Waals surface area contributed by atoms with E-state index in [4.69, 9.17) is 0 Å². The SMILES string of the molecule is Cc1csc(N2CCCN(CC(=O)N3CCN(CC(=O)Nc4c(C)cccc4C)CC3)CC2)n1. The molecule has 2 amide bonds. The number of piperazine rings is 1. The van der Waals surface area contributed by atoms with Crippen LogP contribution < -0.4 is 10.2 Å². The molecule has 2 fully saturated rings. The summed E-state index contributed by atoms with van der Waals surface area (Å²) in [6.45, 7) is 13.4. The van der Waals surface area contributed by atoms with Crippen LogP contribution in [0.1, 0.15) is 23.2 Å². The summed E-state index contributed by atoms with van der Waals surface area (Å²) in [6.07, 6.45) is 1.04. The minimum Gasteiger partial charge on any atom is -0.347 e. The fourth-order valence-corrected chi connectivity index (χ4v) is 5.50. The normalized spacial score (nSPS) is 18.1. The first-order valence-electron chi connectivity index (χ1n) is 12.1. The number of para-hydroxylation sites is 1. The Morgan fingerprint density at radius 2 is 1.59 bits per heavy atom. The van der Waals surface area contributed by atoms with Gasteiger partial charge in [0.05, 0.1) is 18.8 Å². The van der Waals surface area contributed by atoms with Gasteiger partial charge in [-0.05, 0) is 38.3 Å². The fraction of sp³-hybridized carbons (Fsp3) is 0.560. The fourth-order valence-electron chi connectivity index (χ4n) is 4.65. The van der Waals surface area contributed by atoms with E-state index < -0.39 is 0 Å². The molecule has 0 aliphatic carbocycles. The number of hydrogen-bond acceptors (Lipinski definition) is 7. The predicted octanol–water partition coefficient (Wildman–Crippen LogP) is 2.36. The zero-order valence-electron chi connectivity index (χ0n) is 20.5. The van der Waals surface area contributed by atoms with Crippen LogP contribution in [0.4, 0.5) is 10.8 Å². The predicted molar refractivity (Wildman–Crippen MR) is 138 cm³/mol. The topological polar surface area (TPSA) is 72.0 Å². The van der Waals surface area contributed by atoms with Crippen LogP contribution in [-0.4, -0.2) is 96.9 Å². The van der Waals surface area contributed by atoms with Gasteiger partial charge in [0.25, 0.3) is 0 Å². The number of anilines is 2. The third kappa shape index (κ3) is 6.34. The van der Waals surface area contributed by atoms with E-state index in [0.29, 0.717) is 26.2 Å². The molecule has 2 saturated heterocycles. The second-order valence-electron chi connectivity index (χ2n) is 9.36. The van der Waals surface area contributed by atoms with E-state index in [1.807, 2.05) is 43.9 Å². The zero-order chi connectivity index (χ0) is 24.1. The summed E-state index contributed by atoms with van der Waals surface area (Å²) < 4.78 is 0. The molecule has 2 aliphatic rings. The molecule has 0 radical (unpaired) electrons. The number of rotatable bonds is 6. The van der Waals surface area contributed by atoms with Gasteiger partial charge in [0.1, 0.15) is 0 Å². The molecule has 1 N–H and O–H groups in total. The monoisotopic (exact) mass is 484 g/mol. The number of aryl methyl sites for hydroxylation is 3. The first kappa shape index (κ1) is 24.6.